The number of rotatable bonds is 9. The minimum absolute atomic E-state index is 0.106. The lowest BCUT2D eigenvalue weighted by molar-refractivity contribution is -0.384. The number of benzene rings is 2. The summed E-state index contributed by atoms with van der Waals surface area (Å²) in [6, 6.07) is 11.5. The Hall–Kier alpha value is -3.02. The Kier molecular flexibility index (Phi) is 7.78. The largest absolute Gasteiger partial charge is 0.378 e. The Labute approximate surface area is 187 Å². The number of hydrazone groups is 1. The lowest BCUT2D eigenvalue weighted by Crippen LogP contribution is -2.36. The van der Waals surface area contributed by atoms with Gasteiger partial charge in [0.05, 0.1) is 29.2 Å². The molecule has 32 heavy (non-hydrogen) atoms. The van der Waals surface area contributed by atoms with Crippen LogP contribution in [-0.2, 0) is 14.8 Å². The molecule has 0 amide bonds. The van der Waals surface area contributed by atoms with E-state index >= 15 is 0 Å². The van der Waals surface area contributed by atoms with Crippen LogP contribution in [0, 0.1) is 10.1 Å². The molecule has 1 aliphatic heterocycles. The number of nitro groups is 1. The molecule has 0 unspecified atom stereocenters. The number of nitrogens with one attached hydrogen (secondary N) is 1. The molecule has 0 atom stereocenters. The van der Waals surface area contributed by atoms with Crippen molar-refractivity contribution in [3.63, 3.8) is 0 Å². The van der Waals surface area contributed by atoms with Gasteiger partial charge < -0.3 is 9.64 Å². The zero-order chi connectivity index (χ0) is 23.1. The maximum Gasteiger partial charge on any atom is 0.295 e. The fraction of sp³-hybridized carbons (Fsp3) is 0.381. The Bertz CT molecular complexity index is 1060. The third kappa shape index (κ3) is 5.42. The summed E-state index contributed by atoms with van der Waals surface area (Å²) in [4.78, 5) is 13.0. The van der Waals surface area contributed by atoms with Gasteiger partial charge in [0.2, 0.25) is 10.0 Å². The molecule has 3 rings (SSSR count). The molecule has 0 aromatic heterocycles. The van der Waals surface area contributed by atoms with Crippen LogP contribution in [0.15, 0.2) is 52.5 Å². The molecular formula is C21H27N5O5S. The molecule has 2 aromatic carbocycles. The number of ether oxygens (including phenoxy) is 1. The Morgan fingerprint density at radius 2 is 1.81 bits per heavy atom. The molecule has 1 saturated heterocycles. The third-order valence-corrected chi connectivity index (χ3v) is 7.22. The van der Waals surface area contributed by atoms with Gasteiger partial charge in [-0.3, -0.25) is 15.5 Å². The van der Waals surface area contributed by atoms with Gasteiger partial charge in [0.1, 0.15) is 5.69 Å². The molecule has 0 aliphatic carbocycles. The van der Waals surface area contributed by atoms with Gasteiger partial charge in [-0.25, -0.2) is 8.42 Å². The van der Waals surface area contributed by atoms with E-state index in [2.05, 4.69) is 15.4 Å². The molecule has 1 N–H and O–H groups in total. The second-order valence-electron chi connectivity index (χ2n) is 7.09. The number of nitro benzene ring substituents is 1. The highest BCUT2D eigenvalue weighted by atomic mass is 32.2. The summed E-state index contributed by atoms with van der Waals surface area (Å²) < 4.78 is 31.9. The number of nitrogens with zero attached hydrogens (tertiary/aromatic N) is 4. The number of morpholine rings is 1. The standard InChI is InChI=1S/C21H27N5O5S/c1-3-25(4-2)32(29,30)19-9-10-20(21(15-19)26(27)28)23-22-16-17-5-7-18(8-6-17)24-11-13-31-14-12-24/h5-10,15-16,23H,3-4,11-14H2,1-2H3/b22-16-. The van der Waals surface area contributed by atoms with Crippen LogP contribution in [0.3, 0.4) is 0 Å². The molecule has 0 saturated carbocycles. The fourth-order valence-electron chi connectivity index (χ4n) is 3.40. The zero-order valence-electron chi connectivity index (χ0n) is 18.1. The van der Waals surface area contributed by atoms with E-state index in [-0.39, 0.29) is 29.4 Å². The number of anilines is 2. The normalized spacial score (nSPS) is 14.8. The van der Waals surface area contributed by atoms with Crippen LogP contribution in [0.4, 0.5) is 17.1 Å². The molecular weight excluding hydrogens is 434 g/mol. The van der Waals surface area contributed by atoms with Crippen LogP contribution >= 0.6 is 0 Å². The molecule has 1 aliphatic rings. The molecule has 1 fully saturated rings. The van der Waals surface area contributed by atoms with Crippen LogP contribution in [0.5, 0.6) is 0 Å². The van der Waals surface area contributed by atoms with Crippen molar-refractivity contribution in [2.45, 2.75) is 18.7 Å². The van der Waals surface area contributed by atoms with E-state index < -0.39 is 14.9 Å². The van der Waals surface area contributed by atoms with Crippen molar-refractivity contribution in [2.24, 2.45) is 5.10 Å². The van der Waals surface area contributed by atoms with Gasteiger partial charge >= 0.3 is 0 Å². The van der Waals surface area contributed by atoms with Gasteiger partial charge in [0.25, 0.3) is 5.69 Å². The summed E-state index contributed by atoms with van der Waals surface area (Å²) in [6.07, 6.45) is 1.55. The van der Waals surface area contributed by atoms with Crippen molar-refractivity contribution in [3.8, 4) is 0 Å². The van der Waals surface area contributed by atoms with Crippen molar-refractivity contribution >= 4 is 33.3 Å². The first-order chi connectivity index (χ1) is 15.4. The van der Waals surface area contributed by atoms with Crippen LogP contribution < -0.4 is 10.3 Å². The van der Waals surface area contributed by atoms with Crippen LogP contribution in [0.1, 0.15) is 19.4 Å². The average Bonchev–Trinajstić information content (AvgIpc) is 2.80. The summed E-state index contributed by atoms with van der Waals surface area (Å²) in [6.45, 7) is 7.10. The van der Waals surface area contributed by atoms with Gasteiger partial charge in [0.15, 0.2) is 0 Å². The van der Waals surface area contributed by atoms with Crippen molar-refractivity contribution in [1.82, 2.24) is 4.31 Å². The van der Waals surface area contributed by atoms with Gasteiger partial charge in [-0.05, 0) is 29.8 Å². The Morgan fingerprint density at radius 1 is 1.16 bits per heavy atom. The molecule has 11 heteroatoms. The maximum atomic E-state index is 12.7. The molecule has 2 aromatic rings. The third-order valence-electron chi connectivity index (χ3n) is 5.18. The Morgan fingerprint density at radius 3 is 2.41 bits per heavy atom. The van der Waals surface area contributed by atoms with Gasteiger partial charge in [-0.2, -0.15) is 9.41 Å². The monoisotopic (exact) mass is 461 g/mol. The fourth-order valence-corrected chi connectivity index (χ4v) is 4.88. The average molecular weight is 462 g/mol. The first-order valence-electron chi connectivity index (χ1n) is 10.4. The lowest BCUT2D eigenvalue weighted by atomic mass is 10.2. The summed E-state index contributed by atoms with van der Waals surface area (Å²) >= 11 is 0. The highest BCUT2D eigenvalue weighted by molar-refractivity contribution is 7.89. The summed E-state index contributed by atoms with van der Waals surface area (Å²) in [5.41, 5.74) is 4.31. The minimum Gasteiger partial charge on any atom is -0.378 e. The predicted octanol–water partition coefficient (Wildman–Crippen LogP) is 2.91. The molecule has 0 spiro atoms. The second-order valence-corrected chi connectivity index (χ2v) is 9.02. The van der Waals surface area contributed by atoms with E-state index in [0.717, 1.165) is 30.4 Å². The van der Waals surface area contributed by atoms with E-state index in [1.165, 1.54) is 16.4 Å². The van der Waals surface area contributed by atoms with E-state index in [1.54, 1.807) is 20.1 Å². The second kappa shape index (κ2) is 10.5. The highest BCUT2D eigenvalue weighted by Crippen LogP contribution is 2.29. The van der Waals surface area contributed by atoms with Crippen molar-refractivity contribution < 1.29 is 18.1 Å². The van der Waals surface area contributed by atoms with E-state index in [4.69, 9.17) is 4.74 Å². The van der Waals surface area contributed by atoms with Gasteiger partial charge in [-0.1, -0.05) is 26.0 Å². The zero-order valence-corrected chi connectivity index (χ0v) is 18.9. The van der Waals surface area contributed by atoms with Crippen molar-refractivity contribution in [1.29, 1.82) is 0 Å². The van der Waals surface area contributed by atoms with Gasteiger partial charge in [0, 0.05) is 37.9 Å². The van der Waals surface area contributed by atoms with Crippen LogP contribution in [-0.4, -0.2) is 63.3 Å². The summed E-state index contributed by atoms with van der Waals surface area (Å²) in [5, 5.41) is 15.6. The molecule has 0 bridgehead atoms. The molecule has 10 nitrogen and oxygen atoms in total. The number of hydrogen-bond acceptors (Lipinski definition) is 8. The SMILES string of the molecule is CCN(CC)S(=O)(=O)c1ccc(N/N=C\c2ccc(N3CCOCC3)cc2)c([N+](=O)[O-])c1. The van der Waals surface area contributed by atoms with Crippen LogP contribution in [0.25, 0.3) is 0 Å². The number of hydrogen-bond donors (Lipinski definition) is 1. The summed E-state index contributed by atoms with van der Waals surface area (Å²) in [7, 11) is -3.80. The highest BCUT2D eigenvalue weighted by Gasteiger charge is 2.25. The van der Waals surface area contributed by atoms with E-state index in [1.807, 2.05) is 24.3 Å². The maximum absolute atomic E-state index is 12.7. The predicted molar refractivity (Wildman–Crippen MR) is 124 cm³/mol. The van der Waals surface area contributed by atoms with Crippen molar-refractivity contribution in [2.75, 3.05) is 49.7 Å². The lowest BCUT2D eigenvalue weighted by Gasteiger charge is -2.28. The van der Waals surface area contributed by atoms with E-state index in [9.17, 15) is 18.5 Å². The van der Waals surface area contributed by atoms with Crippen LogP contribution in [0.2, 0.25) is 0 Å². The quantitative estimate of drug-likeness (QED) is 0.347. The molecule has 172 valence electrons. The molecule has 0 radical (unpaired) electrons. The first kappa shape index (κ1) is 23.6. The topological polar surface area (TPSA) is 117 Å². The Balaban J connectivity index is 1.74. The number of sulfonamides is 1. The molecule has 1 heterocycles. The minimum atomic E-state index is -3.80. The first-order valence-corrected chi connectivity index (χ1v) is 11.8. The van der Waals surface area contributed by atoms with Gasteiger partial charge in [-0.15, -0.1) is 0 Å². The summed E-state index contributed by atoms with van der Waals surface area (Å²) in [5.74, 6) is 0. The van der Waals surface area contributed by atoms with E-state index in [0.29, 0.717) is 13.2 Å². The van der Waals surface area contributed by atoms with Crippen molar-refractivity contribution in [3.05, 3.63) is 58.1 Å². The smallest absolute Gasteiger partial charge is 0.295 e.